The van der Waals surface area contributed by atoms with E-state index in [0.717, 1.165) is 25.2 Å². The first-order chi connectivity index (χ1) is 5.72. The van der Waals surface area contributed by atoms with Gasteiger partial charge >= 0.3 is 0 Å². The molecule has 1 heteroatoms. The number of carbonyl (C=O) groups is 1. The lowest BCUT2D eigenvalue weighted by atomic mass is 9.82. The molecule has 0 aliphatic heterocycles. The molecule has 1 rings (SSSR count). The summed E-state index contributed by atoms with van der Waals surface area (Å²) in [5.74, 6) is 2.01. The van der Waals surface area contributed by atoms with Crippen molar-refractivity contribution in [2.75, 3.05) is 0 Å². The van der Waals surface area contributed by atoms with E-state index in [4.69, 9.17) is 0 Å². The molecule has 70 valence electrons. The smallest absolute Gasteiger partial charge is 0.133 e. The van der Waals surface area contributed by atoms with Crippen molar-refractivity contribution in [3.63, 3.8) is 0 Å². The van der Waals surface area contributed by atoms with E-state index in [1.807, 2.05) is 0 Å². The first-order valence-corrected chi connectivity index (χ1v) is 5.24. The summed E-state index contributed by atoms with van der Waals surface area (Å²) in [7, 11) is 0. The van der Waals surface area contributed by atoms with Crippen molar-refractivity contribution in [1.29, 1.82) is 0 Å². The normalized spacial score (nSPS) is 27.2. The van der Waals surface area contributed by atoms with Gasteiger partial charge in [-0.2, -0.15) is 0 Å². The van der Waals surface area contributed by atoms with E-state index in [-0.39, 0.29) is 0 Å². The number of rotatable bonds is 3. The fourth-order valence-electron chi connectivity index (χ4n) is 2.05. The quantitative estimate of drug-likeness (QED) is 0.632. The summed E-state index contributed by atoms with van der Waals surface area (Å²) >= 11 is 0. The molecule has 1 aliphatic rings. The molecule has 1 saturated carbocycles. The molecule has 12 heavy (non-hydrogen) atoms. The molecule has 0 saturated heterocycles. The Balaban J connectivity index is 2.27. The van der Waals surface area contributed by atoms with Crippen LogP contribution in [0.5, 0.6) is 0 Å². The van der Waals surface area contributed by atoms with Crippen LogP contribution in [0.15, 0.2) is 0 Å². The SMILES string of the molecule is CCC(C)CC1CCCC(=O)C1. The second kappa shape index (κ2) is 4.64. The maximum absolute atomic E-state index is 11.1. The topological polar surface area (TPSA) is 17.1 Å². The second-order valence-electron chi connectivity index (χ2n) is 4.25. The Morgan fingerprint density at radius 1 is 1.58 bits per heavy atom. The molecule has 0 bridgehead atoms. The summed E-state index contributed by atoms with van der Waals surface area (Å²) in [6.45, 7) is 4.52. The van der Waals surface area contributed by atoms with Crippen LogP contribution in [0, 0.1) is 11.8 Å². The molecule has 0 aromatic heterocycles. The van der Waals surface area contributed by atoms with Crippen molar-refractivity contribution >= 4 is 5.78 Å². The highest BCUT2D eigenvalue weighted by Crippen LogP contribution is 2.27. The van der Waals surface area contributed by atoms with Crippen molar-refractivity contribution in [2.45, 2.75) is 52.4 Å². The maximum Gasteiger partial charge on any atom is 0.133 e. The standard InChI is InChI=1S/C11H20O/c1-3-9(2)7-10-5-4-6-11(12)8-10/h9-10H,3-8H2,1-2H3. The van der Waals surface area contributed by atoms with Gasteiger partial charge in [0.15, 0.2) is 0 Å². The Morgan fingerprint density at radius 3 is 2.92 bits per heavy atom. The van der Waals surface area contributed by atoms with Crippen LogP contribution in [0.1, 0.15) is 52.4 Å². The second-order valence-corrected chi connectivity index (χ2v) is 4.25. The number of ketones is 1. The molecule has 1 nitrogen and oxygen atoms in total. The summed E-state index contributed by atoms with van der Waals surface area (Å²) in [6, 6.07) is 0. The first kappa shape index (κ1) is 9.76. The largest absolute Gasteiger partial charge is 0.300 e. The van der Waals surface area contributed by atoms with Crippen LogP contribution in [0.25, 0.3) is 0 Å². The zero-order valence-corrected chi connectivity index (χ0v) is 8.31. The molecule has 1 aliphatic carbocycles. The third-order valence-corrected chi connectivity index (χ3v) is 3.02. The van der Waals surface area contributed by atoms with Crippen LogP contribution in [0.3, 0.4) is 0 Å². The molecule has 2 unspecified atom stereocenters. The molecule has 0 aromatic carbocycles. The lowest BCUT2D eigenvalue weighted by Gasteiger charge is -2.23. The minimum atomic E-state index is 0.495. The van der Waals surface area contributed by atoms with E-state index in [0.29, 0.717) is 11.7 Å². The molecule has 1 fully saturated rings. The third kappa shape index (κ3) is 2.96. The predicted octanol–water partition coefficient (Wildman–Crippen LogP) is 3.18. The van der Waals surface area contributed by atoms with Gasteiger partial charge in [-0.05, 0) is 31.1 Å². The van der Waals surface area contributed by atoms with Gasteiger partial charge in [-0.3, -0.25) is 4.79 Å². The van der Waals surface area contributed by atoms with Gasteiger partial charge in [-0.15, -0.1) is 0 Å². The molecule has 0 aromatic rings. The lowest BCUT2D eigenvalue weighted by Crippen LogP contribution is -2.16. The molecule has 0 amide bonds. The number of Topliss-reactive ketones (excluding diaryl/α,β-unsaturated/α-hetero) is 1. The zero-order chi connectivity index (χ0) is 8.97. The minimum Gasteiger partial charge on any atom is -0.300 e. The van der Waals surface area contributed by atoms with Gasteiger partial charge in [0.25, 0.3) is 0 Å². The predicted molar refractivity (Wildman–Crippen MR) is 51.0 cm³/mol. The van der Waals surface area contributed by atoms with E-state index in [1.54, 1.807) is 0 Å². The van der Waals surface area contributed by atoms with Gasteiger partial charge in [-0.25, -0.2) is 0 Å². The van der Waals surface area contributed by atoms with Crippen molar-refractivity contribution < 1.29 is 4.79 Å². The molecule has 0 heterocycles. The monoisotopic (exact) mass is 168 g/mol. The van der Waals surface area contributed by atoms with E-state index in [1.165, 1.54) is 19.3 Å². The van der Waals surface area contributed by atoms with Crippen LogP contribution < -0.4 is 0 Å². The van der Waals surface area contributed by atoms with E-state index >= 15 is 0 Å². The Bertz CT molecular complexity index is 151. The van der Waals surface area contributed by atoms with Crippen molar-refractivity contribution in [1.82, 2.24) is 0 Å². The number of hydrogen-bond acceptors (Lipinski definition) is 1. The Labute approximate surface area is 75.5 Å². The van der Waals surface area contributed by atoms with Gasteiger partial charge in [0, 0.05) is 12.8 Å². The zero-order valence-electron chi connectivity index (χ0n) is 8.31. The van der Waals surface area contributed by atoms with E-state index < -0.39 is 0 Å². The summed E-state index contributed by atoms with van der Waals surface area (Å²) < 4.78 is 0. The third-order valence-electron chi connectivity index (χ3n) is 3.02. The summed E-state index contributed by atoms with van der Waals surface area (Å²) in [5, 5.41) is 0. The van der Waals surface area contributed by atoms with Crippen LogP contribution >= 0.6 is 0 Å². The fraction of sp³-hybridized carbons (Fsp3) is 0.909. The Hall–Kier alpha value is -0.330. The van der Waals surface area contributed by atoms with Gasteiger partial charge < -0.3 is 0 Å². The average Bonchev–Trinajstić information content (AvgIpc) is 2.04. The fourth-order valence-corrected chi connectivity index (χ4v) is 2.05. The molecule has 2 atom stereocenters. The molecule has 0 spiro atoms. The number of carbonyl (C=O) groups excluding carboxylic acids is 1. The summed E-state index contributed by atoms with van der Waals surface area (Å²) in [5.41, 5.74) is 0. The molecular weight excluding hydrogens is 148 g/mol. The number of hydrogen-bond donors (Lipinski definition) is 0. The Morgan fingerprint density at radius 2 is 2.33 bits per heavy atom. The van der Waals surface area contributed by atoms with Gasteiger partial charge in [0.2, 0.25) is 0 Å². The van der Waals surface area contributed by atoms with Crippen molar-refractivity contribution in [2.24, 2.45) is 11.8 Å². The van der Waals surface area contributed by atoms with Gasteiger partial charge in [-0.1, -0.05) is 20.3 Å². The van der Waals surface area contributed by atoms with E-state index in [2.05, 4.69) is 13.8 Å². The average molecular weight is 168 g/mol. The van der Waals surface area contributed by atoms with Crippen LogP contribution in [0.2, 0.25) is 0 Å². The molecule has 0 radical (unpaired) electrons. The van der Waals surface area contributed by atoms with Crippen molar-refractivity contribution in [3.05, 3.63) is 0 Å². The summed E-state index contributed by atoms with van der Waals surface area (Å²) in [6.07, 6.45) is 6.66. The first-order valence-electron chi connectivity index (χ1n) is 5.24. The molecule has 0 N–H and O–H groups in total. The van der Waals surface area contributed by atoms with Crippen LogP contribution in [-0.2, 0) is 4.79 Å². The summed E-state index contributed by atoms with van der Waals surface area (Å²) in [4.78, 5) is 11.1. The minimum absolute atomic E-state index is 0.495. The lowest BCUT2D eigenvalue weighted by molar-refractivity contribution is -0.121. The van der Waals surface area contributed by atoms with Crippen LogP contribution in [0.4, 0.5) is 0 Å². The maximum atomic E-state index is 11.1. The Kier molecular flexibility index (Phi) is 3.77. The highest BCUT2D eigenvalue weighted by molar-refractivity contribution is 5.79. The van der Waals surface area contributed by atoms with Crippen molar-refractivity contribution in [3.8, 4) is 0 Å². The van der Waals surface area contributed by atoms with Gasteiger partial charge in [0.1, 0.15) is 5.78 Å². The highest BCUT2D eigenvalue weighted by atomic mass is 16.1. The van der Waals surface area contributed by atoms with Crippen LogP contribution in [-0.4, -0.2) is 5.78 Å². The van der Waals surface area contributed by atoms with E-state index in [9.17, 15) is 4.79 Å². The molecular formula is C11H20O. The highest BCUT2D eigenvalue weighted by Gasteiger charge is 2.20. The van der Waals surface area contributed by atoms with Gasteiger partial charge in [0.05, 0.1) is 0 Å².